The zero-order valence-corrected chi connectivity index (χ0v) is 15.1. The molecule has 0 aliphatic carbocycles. The quantitative estimate of drug-likeness (QED) is 0.790. The highest BCUT2D eigenvalue weighted by atomic mass is 79.9. The third-order valence-corrected chi connectivity index (χ3v) is 4.92. The first-order valence-electron chi connectivity index (χ1n) is 6.43. The molecule has 1 amide bonds. The predicted molar refractivity (Wildman–Crippen MR) is 86.1 cm³/mol. The van der Waals surface area contributed by atoms with Gasteiger partial charge in [0.05, 0.1) is 4.88 Å². The molecule has 1 aromatic heterocycles. The Morgan fingerprint density at radius 2 is 2.14 bits per heavy atom. The lowest BCUT2D eigenvalue weighted by molar-refractivity contribution is -0.0447. The molecule has 2 rings (SSSR count). The molecule has 0 radical (unpaired) electrons. The highest BCUT2D eigenvalue weighted by Crippen LogP contribution is 2.37. The molecule has 2 heterocycles. The van der Waals surface area contributed by atoms with Gasteiger partial charge in [0.2, 0.25) is 5.96 Å². The molecule has 8 heteroatoms. The van der Waals surface area contributed by atoms with E-state index in [4.69, 9.17) is 10.1 Å². The average Bonchev–Trinajstić information content (AvgIpc) is 2.81. The number of carbonyl (C=O) groups excluding carboxylic acids is 1. The highest BCUT2D eigenvalue weighted by molar-refractivity contribution is 9.10. The maximum absolute atomic E-state index is 12.5. The molecule has 1 unspecified atom stereocenters. The normalized spacial score (nSPS) is 22.5. The van der Waals surface area contributed by atoms with E-state index in [1.54, 1.807) is 7.05 Å². The number of nitrogens with one attached hydrogen (secondary N) is 2. The van der Waals surface area contributed by atoms with Crippen molar-refractivity contribution in [3.05, 3.63) is 20.8 Å². The van der Waals surface area contributed by atoms with Gasteiger partial charge in [-0.3, -0.25) is 5.41 Å². The van der Waals surface area contributed by atoms with E-state index in [2.05, 4.69) is 21.2 Å². The van der Waals surface area contributed by atoms with Crippen LogP contribution in [0.5, 0.6) is 0 Å². The summed E-state index contributed by atoms with van der Waals surface area (Å²) in [4.78, 5) is 13.4. The van der Waals surface area contributed by atoms with Crippen molar-refractivity contribution < 1.29 is 9.53 Å². The molecule has 1 aliphatic rings. The van der Waals surface area contributed by atoms with Crippen LogP contribution < -0.4 is 5.32 Å². The van der Waals surface area contributed by atoms with Crippen molar-refractivity contribution in [1.82, 2.24) is 15.3 Å². The number of carbonyl (C=O) groups is 1. The number of guanidine groups is 1. The topological polar surface area (TPSA) is 68.7 Å². The molecule has 1 aromatic rings. The molecule has 6 nitrogen and oxygen atoms in total. The Bertz CT molecular complexity index is 583. The smallest absolute Gasteiger partial charge is 0.431 e. The third kappa shape index (κ3) is 3.01. The summed E-state index contributed by atoms with van der Waals surface area (Å²) in [6.45, 7) is 7.31. The standard InChI is InChI=1S/C13H19BrN4O2S/c1-12(2,3)20-11(19)18-13(4,16-10(15)17(18)5)9-6-8(14)7-21-9/h6-7H,1-5H3,(H2,15,16). The molecule has 2 N–H and O–H groups in total. The number of nitrogens with zero attached hydrogens (tertiary/aromatic N) is 2. The monoisotopic (exact) mass is 374 g/mol. The molecule has 1 atom stereocenters. The summed E-state index contributed by atoms with van der Waals surface area (Å²) < 4.78 is 6.41. The van der Waals surface area contributed by atoms with Crippen LogP contribution in [0.4, 0.5) is 4.79 Å². The largest absolute Gasteiger partial charge is 0.442 e. The molecule has 0 bridgehead atoms. The van der Waals surface area contributed by atoms with Gasteiger partial charge in [0.25, 0.3) is 0 Å². The number of thiophene rings is 1. The molecule has 21 heavy (non-hydrogen) atoms. The molecule has 0 aromatic carbocycles. The second-order valence-corrected chi connectivity index (χ2v) is 7.82. The van der Waals surface area contributed by atoms with Gasteiger partial charge in [0, 0.05) is 16.9 Å². The van der Waals surface area contributed by atoms with Crippen molar-refractivity contribution >= 4 is 39.3 Å². The molecular formula is C13H19BrN4O2S. The molecule has 1 fully saturated rings. The van der Waals surface area contributed by atoms with Crippen LogP contribution in [0.2, 0.25) is 0 Å². The van der Waals surface area contributed by atoms with Crippen LogP contribution in [-0.4, -0.2) is 34.7 Å². The molecule has 1 saturated heterocycles. The number of hydrogen-bond acceptors (Lipinski definition) is 4. The Labute approximate surface area is 136 Å². The highest BCUT2D eigenvalue weighted by Gasteiger charge is 2.49. The minimum atomic E-state index is -0.842. The Morgan fingerprint density at radius 1 is 1.52 bits per heavy atom. The fourth-order valence-corrected chi connectivity index (χ4v) is 3.64. The van der Waals surface area contributed by atoms with E-state index >= 15 is 0 Å². The summed E-state index contributed by atoms with van der Waals surface area (Å²) in [5.41, 5.74) is -1.44. The van der Waals surface area contributed by atoms with Gasteiger partial charge < -0.3 is 10.1 Å². The van der Waals surface area contributed by atoms with E-state index in [-0.39, 0.29) is 5.96 Å². The fourth-order valence-electron chi connectivity index (χ4n) is 2.11. The minimum absolute atomic E-state index is 0.146. The van der Waals surface area contributed by atoms with E-state index in [0.717, 1.165) is 9.35 Å². The second-order valence-electron chi connectivity index (χ2n) is 5.99. The summed E-state index contributed by atoms with van der Waals surface area (Å²) in [6, 6.07) is 1.93. The SMILES string of the molecule is CN1C(=N)NC(C)(c2cc(Br)cs2)N1C(=O)OC(C)(C)C. The molecule has 1 aliphatic heterocycles. The van der Waals surface area contributed by atoms with Crippen LogP contribution in [0.1, 0.15) is 32.6 Å². The van der Waals surface area contributed by atoms with E-state index in [0.29, 0.717) is 0 Å². The van der Waals surface area contributed by atoms with Gasteiger partial charge in [-0.05, 0) is 49.7 Å². The maximum atomic E-state index is 12.5. The maximum Gasteiger partial charge on any atom is 0.431 e. The van der Waals surface area contributed by atoms with Gasteiger partial charge in [0.1, 0.15) is 5.60 Å². The second kappa shape index (κ2) is 5.17. The van der Waals surface area contributed by atoms with Crippen LogP contribution in [0, 0.1) is 5.41 Å². The number of amides is 1. The Hall–Kier alpha value is -1.28. The van der Waals surface area contributed by atoms with E-state index in [9.17, 15) is 4.79 Å². The summed E-state index contributed by atoms with van der Waals surface area (Å²) in [5.74, 6) is 0.146. The first kappa shape index (κ1) is 16.1. The number of halogens is 1. The van der Waals surface area contributed by atoms with Crippen molar-refractivity contribution in [2.24, 2.45) is 0 Å². The lowest BCUT2D eigenvalue weighted by atomic mass is 10.1. The van der Waals surface area contributed by atoms with Gasteiger partial charge in [-0.1, -0.05) is 0 Å². The average molecular weight is 375 g/mol. The molecule has 0 saturated carbocycles. The van der Waals surface area contributed by atoms with Crippen molar-refractivity contribution in [1.29, 1.82) is 5.41 Å². The zero-order chi connectivity index (χ0) is 16.0. The van der Waals surface area contributed by atoms with E-state index in [1.165, 1.54) is 21.4 Å². The first-order valence-corrected chi connectivity index (χ1v) is 8.10. The lowest BCUT2D eigenvalue weighted by Crippen LogP contribution is -2.52. The lowest BCUT2D eigenvalue weighted by Gasteiger charge is -2.36. The van der Waals surface area contributed by atoms with Crippen LogP contribution in [0.15, 0.2) is 15.9 Å². The molecule has 116 valence electrons. The molecule has 0 spiro atoms. The summed E-state index contributed by atoms with van der Waals surface area (Å²) >= 11 is 4.93. The number of hydrazine groups is 1. The van der Waals surface area contributed by atoms with E-state index in [1.807, 2.05) is 39.1 Å². The first-order chi connectivity index (χ1) is 9.54. The predicted octanol–water partition coefficient (Wildman–Crippen LogP) is 3.31. The van der Waals surface area contributed by atoms with Crippen LogP contribution in [-0.2, 0) is 10.4 Å². The summed E-state index contributed by atoms with van der Waals surface area (Å²) in [5, 5.41) is 15.9. The van der Waals surface area contributed by atoms with Gasteiger partial charge in [-0.15, -0.1) is 11.3 Å². The van der Waals surface area contributed by atoms with Crippen molar-refractivity contribution in [3.8, 4) is 0 Å². The third-order valence-electron chi connectivity index (χ3n) is 3.02. The van der Waals surface area contributed by atoms with Gasteiger partial charge in [-0.25, -0.2) is 9.80 Å². The van der Waals surface area contributed by atoms with Crippen molar-refractivity contribution in [2.75, 3.05) is 7.05 Å². The zero-order valence-electron chi connectivity index (χ0n) is 12.7. The van der Waals surface area contributed by atoms with Gasteiger partial charge in [0.15, 0.2) is 5.66 Å². The molecular weight excluding hydrogens is 356 g/mol. The fraction of sp³-hybridized carbons (Fsp3) is 0.538. The summed E-state index contributed by atoms with van der Waals surface area (Å²) in [6.07, 6.45) is -0.494. The van der Waals surface area contributed by atoms with Crippen LogP contribution >= 0.6 is 27.3 Å². The van der Waals surface area contributed by atoms with Crippen molar-refractivity contribution in [2.45, 2.75) is 39.0 Å². The van der Waals surface area contributed by atoms with Gasteiger partial charge in [-0.2, -0.15) is 5.01 Å². The van der Waals surface area contributed by atoms with Crippen LogP contribution in [0.25, 0.3) is 0 Å². The van der Waals surface area contributed by atoms with Gasteiger partial charge >= 0.3 is 6.09 Å². The Morgan fingerprint density at radius 3 is 2.62 bits per heavy atom. The number of hydrogen-bond donors (Lipinski definition) is 2. The van der Waals surface area contributed by atoms with Crippen LogP contribution in [0.3, 0.4) is 0 Å². The van der Waals surface area contributed by atoms with Crippen molar-refractivity contribution in [3.63, 3.8) is 0 Å². The minimum Gasteiger partial charge on any atom is -0.442 e. The Balaban J connectivity index is 2.39. The van der Waals surface area contributed by atoms with E-state index < -0.39 is 17.4 Å². The number of ether oxygens (including phenoxy) is 1. The Kier molecular flexibility index (Phi) is 3.96. The summed E-state index contributed by atoms with van der Waals surface area (Å²) in [7, 11) is 1.66. The number of rotatable bonds is 1.